The molecule has 112 valence electrons. The van der Waals surface area contributed by atoms with Crippen molar-refractivity contribution in [1.29, 1.82) is 0 Å². The Kier molecular flexibility index (Phi) is 2.80. The van der Waals surface area contributed by atoms with Crippen LogP contribution in [0.1, 0.15) is 49.1 Å². The topological polar surface area (TPSA) is 46.5 Å². The van der Waals surface area contributed by atoms with Crippen molar-refractivity contribution in [2.45, 2.75) is 38.0 Å². The molecule has 2 unspecified atom stereocenters. The summed E-state index contributed by atoms with van der Waals surface area (Å²) in [5.41, 5.74) is 2.43. The van der Waals surface area contributed by atoms with E-state index in [1.165, 1.54) is 0 Å². The van der Waals surface area contributed by atoms with Crippen LogP contribution in [0.4, 0.5) is 0 Å². The summed E-state index contributed by atoms with van der Waals surface area (Å²) < 4.78 is 5.69. The molecule has 0 saturated heterocycles. The lowest BCUT2D eigenvalue weighted by Crippen LogP contribution is -2.12. The van der Waals surface area contributed by atoms with Gasteiger partial charge < -0.3 is 9.84 Å². The van der Waals surface area contributed by atoms with Crippen LogP contribution in [-0.4, -0.2) is 11.1 Å². The summed E-state index contributed by atoms with van der Waals surface area (Å²) >= 11 is 0. The monoisotopic (exact) mass is 294 g/mol. The second-order valence-electron chi connectivity index (χ2n) is 6.43. The van der Waals surface area contributed by atoms with Crippen LogP contribution >= 0.6 is 0 Å². The second-order valence-corrected chi connectivity index (χ2v) is 6.43. The van der Waals surface area contributed by atoms with E-state index in [2.05, 4.69) is 6.58 Å². The quantitative estimate of drug-likeness (QED) is 0.507. The number of carbonyl (C=O) groups excluding carboxylic acids is 1. The van der Waals surface area contributed by atoms with E-state index in [0.717, 1.165) is 41.2 Å². The number of fused-ring (bicyclic) bond motifs is 6. The van der Waals surface area contributed by atoms with Crippen LogP contribution in [-0.2, 0) is 4.79 Å². The third-order valence-electron chi connectivity index (χ3n) is 5.01. The van der Waals surface area contributed by atoms with Gasteiger partial charge in [-0.25, -0.2) is 4.79 Å². The molecular weight excluding hydrogens is 276 g/mol. The number of phenolic OH excluding ortho intramolecular Hbond substituents is 1. The molecule has 2 aliphatic carbocycles. The molecule has 3 nitrogen and oxygen atoms in total. The molecular formula is C19H18O3. The van der Waals surface area contributed by atoms with Crippen LogP contribution in [0.25, 0.3) is 10.8 Å². The first-order valence-corrected chi connectivity index (χ1v) is 7.73. The highest BCUT2D eigenvalue weighted by Gasteiger charge is 2.42. The molecule has 0 spiro atoms. The van der Waals surface area contributed by atoms with E-state index in [9.17, 15) is 9.90 Å². The number of phenols is 1. The Labute approximate surface area is 129 Å². The number of hydrogen-bond donors (Lipinski definition) is 1. The highest BCUT2D eigenvalue weighted by molar-refractivity contribution is 5.99. The van der Waals surface area contributed by atoms with Crippen LogP contribution in [0.2, 0.25) is 0 Å². The summed E-state index contributed by atoms with van der Waals surface area (Å²) in [4.78, 5) is 12.1. The molecule has 2 aliphatic rings. The van der Waals surface area contributed by atoms with Crippen molar-refractivity contribution in [2.75, 3.05) is 0 Å². The smallest absolute Gasteiger partial charge is 0.338 e. The third-order valence-corrected chi connectivity index (χ3v) is 5.01. The molecule has 0 aliphatic heterocycles. The van der Waals surface area contributed by atoms with Crippen LogP contribution in [0.5, 0.6) is 11.5 Å². The third kappa shape index (κ3) is 1.71. The van der Waals surface area contributed by atoms with Gasteiger partial charge in [0.25, 0.3) is 0 Å². The first-order chi connectivity index (χ1) is 10.6. The molecule has 22 heavy (non-hydrogen) atoms. The lowest BCUT2D eigenvalue weighted by atomic mass is 9.87. The standard InChI is InChI=1S/C19H18O3/c1-10(2)19(21)22-18-14-6-4-3-5-13(14)17(20)15-11-7-8-12(9-11)16(15)18/h3-6,11-12,20H,1,7-9H2,2H3. The minimum Gasteiger partial charge on any atom is -0.507 e. The normalized spacial score (nSPS) is 21.9. The van der Waals surface area contributed by atoms with Gasteiger partial charge in [0.2, 0.25) is 0 Å². The van der Waals surface area contributed by atoms with Gasteiger partial charge in [0.05, 0.1) is 0 Å². The van der Waals surface area contributed by atoms with Gasteiger partial charge in [-0.2, -0.15) is 0 Å². The summed E-state index contributed by atoms with van der Waals surface area (Å²) in [6.07, 6.45) is 3.27. The molecule has 0 aromatic heterocycles. The Morgan fingerprint density at radius 3 is 2.50 bits per heavy atom. The van der Waals surface area contributed by atoms with Gasteiger partial charge in [-0.1, -0.05) is 30.8 Å². The molecule has 0 heterocycles. The number of hydrogen-bond acceptors (Lipinski definition) is 3. The predicted octanol–water partition coefficient (Wildman–Crippen LogP) is 4.39. The Morgan fingerprint density at radius 1 is 1.18 bits per heavy atom. The number of ether oxygens (including phenoxy) is 1. The van der Waals surface area contributed by atoms with Gasteiger partial charge in [0, 0.05) is 27.5 Å². The summed E-state index contributed by atoms with van der Waals surface area (Å²) in [6.45, 7) is 5.32. The highest BCUT2D eigenvalue weighted by atomic mass is 16.5. The van der Waals surface area contributed by atoms with Crippen molar-refractivity contribution < 1.29 is 14.6 Å². The maximum Gasteiger partial charge on any atom is 0.338 e. The van der Waals surface area contributed by atoms with Crippen LogP contribution in [0, 0.1) is 0 Å². The summed E-state index contributed by atoms with van der Waals surface area (Å²) in [5.74, 6) is 1.38. The molecule has 1 N–H and O–H groups in total. The first-order valence-electron chi connectivity index (χ1n) is 7.73. The van der Waals surface area contributed by atoms with Gasteiger partial charge >= 0.3 is 5.97 Å². The van der Waals surface area contributed by atoms with Gasteiger partial charge in [0.15, 0.2) is 0 Å². The molecule has 1 fully saturated rings. The van der Waals surface area contributed by atoms with E-state index >= 15 is 0 Å². The van der Waals surface area contributed by atoms with Crippen molar-refractivity contribution in [3.05, 3.63) is 47.5 Å². The molecule has 4 rings (SSSR count). The van der Waals surface area contributed by atoms with Crippen LogP contribution in [0.3, 0.4) is 0 Å². The number of esters is 1. The van der Waals surface area contributed by atoms with Crippen LogP contribution in [0.15, 0.2) is 36.4 Å². The largest absolute Gasteiger partial charge is 0.507 e. The zero-order chi connectivity index (χ0) is 15.4. The Balaban J connectivity index is 2.02. The number of benzene rings is 2. The Morgan fingerprint density at radius 2 is 1.82 bits per heavy atom. The molecule has 0 amide bonds. The molecule has 2 bridgehead atoms. The fraction of sp³-hybridized carbons (Fsp3) is 0.316. The maximum absolute atomic E-state index is 12.1. The zero-order valence-corrected chi connectivity index (χ0v) is 12.6. The highest BCUT2D eigenvalue weighted by Crippen LogP contribution is 2.60. The van der Waals surface area contributed by atoms with Gasteiger partial charge in [-0.3, -0.25) is 0 Å². The van der Waals surface area contributed by atoms with Gasteiger partial charge in [-0.05, 0) is 38.0 Å². The first kappa shape index (κ1) is 13.4. The van der Waals surface area contributed by atoms with E-state index in [4.69, 9.17) is 4.74 Å². The van der Waals surface area contributed by atoms with Crippen molar-refractivity contribution in [3.63, 3.8) is 0 Å². The fourth-order valence-electron chi connectivity index (χ4n) is 4.04. The minimum absolute atomic E-state index is 0.368. The molecule has 3 heteroatoms. The number of aromatic hydroxyl groups is 1. The SMILES string of the molecule is C=C(C)C(=O)Oc1c2c(c(O)c3ccccc13)C1CCC2C1. The summed E-state index contributed by atoms with van der Waals surface area (Å²) in [5, 5.41) is 12.3. The van der Waals surface area contributed by atoms with E-state index in [-0.39, 0.29) is 0 Å². The predicted molar refractivity (Wildman–Crippen MR) is 85.4 cm³/mol. The lowest BCUT2D eigenvalue weighted by molar-refractivity contribution is -0.130. The van der Waals surface area contributed by atoms with E-state index in [1.54, 1.807) is 6.92 Å². The van der Waals surface area contributed by atoms with E-state index in [1.807, 2.05) is 24.3 Å². The molecule has 2 atom stereocenters. The van der Waals surface area contributed by atoms with E-state index in [0.29, 0.717) is 28.9 Å². The zero-order valence-electron chi connectivity index (χ0n) is 12.6. The Hall–Kier alpha value is -2.29. The Bertz CT molecular complexity index is 819. The van der Waals surface area contributed by atoms with Crippen molar-refractivity contribution in [2.24, 2.45) is 0 Å². The minimum atomic E-state index is -0.402. The summed E-state index contributed by atoms with van der Waals surface area (Å²) in [6, 6.07) is 7.59. The summed E-state index contributed by atoms with van der Waals surface area (Å²) in [7, 11) is 0. The molecule has 2 aromatic rings. The average molecular weight is 294 g/mol. The van der Waals surface area contributed by atoms with E-state index < -0.39 is 5.97 Å². The maximum atomic E-state index is 12.1. The van der Waals surface area contributed by atoms with Gasteiger partial charge in [0.1, 0.15) is 11.5 Å². The second kappa shape index (κ2) is 4.60. The van der Waals surface area contributed by atoms with Crippen LogP contribution < -0.4 is 4.74 Å². The number of carbonyl (C=O) groups is 1. The fourth-order valence-corrected chi connectivity index (χ4v) is 4.04. The molecule has 2 aromatic carbocycles. The number of rotatable bonds is 2. The molecule has 1 saturated carbocycles. The lowest BCUT2D eigenvalue weighted by Gasteiger charge is -2.22. The van der Waals surface area contributed by atoms with Crippen molar-refractivity contribution >= 4 is 16.7 Å². The molecule has 0 radical (unpaired) electrons. The van der Waals surface area contributed by atoms with Gasteiger partial charge in [-0.15, -0.1) is 0 Å². The average Bonchev–Trinajstić information content (AvgIpc) is 3.12. The van der Waals surface area contributed by atoms with Crippen molar-refractivity contribution in [3.8, 4) is 11.5 Å². The van der Waals surface area contributed by atoms with Crippen molar-refractivity contribution in [1.82, 2.24) is 0 Å².